The number of hydrogen-bond donors (Lipinski definition) is 3. The van der Waals surface area contributed by atoms with Crippen LogP contribution < -0.4 is 10.6 Å². The Morgan fingerprint density at radius 1 is 0.905 bits per heavy atom. The van der Waals surface area contributed by atoms with Crippen LogP contribution in [0.4, 0.5) is 0 Å². The number of β-amino-alcohol motifs (C(OH)–C–C–N with tert-alkyl or cyclic N) is 1. The molecule has 5 atom stereocenters. The number of aliphatic hydroxyl groups excluding tert-OH is 1. The van der Waals surface area contributed by atoms with E-state index < -0.39 is 53.3 Å². The van der Waals surface area contributed by atoms with Gasteiger partial charge in [-0.05, 0) is 80.3 Å². The number of aryl methyl sites for hydroxylation is 3. The molecule has 1 saturated heterocycles. The molecule has 0 unspecified atom stereocenters. The summed E-state index contributed by atoms with van der Waals surface area (Å²) in [5.74, 6) is -1.32. The highest BCUT2D eigenvalue weighted by Gasteiger charge is 2.45. The Morgan fingerprint density at radius 2 is 1.62 bits per heavy atom. The average molecular weight is 1060 g/mol. The number of ketones is 2. The summed E-state index contributed by atoms with van der Waals surface area (Å²) in [6.07, 6.45) is -0.196. The van der Waals surface area contributed by atoms with Crippen molar-refractivity contribution in [2.24, 2.45) is 16.3 Å². The Labute approximate surface area is 444 Å². The molecular weight excluding hydrogens is 996 g/mol. The van der Waals surface area contributed by atoms with Crippen molar-refractivity contribution in [1.82, 2.24) is 35.3 Å². The predicted octanol–water partition coefficient (Wildman–Crippen LogP) is 8.61. The number of nitrogens with zero attached hydrogens (tertiary/aromatic N) is 6. The number of rotatable bonds is 20. The summed E-state index contributed by atoms with van der Waals surface area (Å²) in [5, 5.41) is 27.2. The number of nitrogens with one attached hydrogen (secondary N) is 2. The quantitative estimate of drug-likeness (QED) is 0.0623. The molecule has 18 heteroatoms. The number of hydrogen-bond acceptors (Lipinski definition) is 13. The normalized spacial score (nSPS) is 17.2. The van der Waals surface area contributed by atoms with E-state index in [-0.39, 0.29) is 70.0 Å². The first-order valence-corrected chi connectivity index (χ1v) is 27.0. The smallest absolute Gasteiger partial charge is 0.246 e. The molecule has 1 fully saturated rings. The fourth-order valence-electron chi connectivity index (χ4n) is 9.54. The first kappa shape index (κ1) is 54.0. The Bertz CT molecular complexity index is 3030. The molecule has 2 aliphatic heterocycles. The molecule has 388 valence electrons. The number of Topliss-reactive ketones (excluding diaryl/α,β-unsaturated/α-hetero) is 2. The lowest BCUT2D eigenvalue weighted by atomic mass is 9.84. The van der Waals surface area contributed by atoms with E-state index in [0.717, 1.165) is 59.5 Å². The number of thiazole rings is 1. The van der Waals surface area contributed by atoms with Crippen LogP contribution in [0.2, 0.25) is 5.02 Å². The second kappa shape index (κ2) is 23.5. The summed E-state index contributed by atoms with van der Waals surface area (Å²) in [4.78, 5) is 83.0. The molecule has 5 heterocycles. The number of thiophene rings is 1. The minimum absolute atomic E-state index is 0.0448. The van der Waals surface area contributed by atoms with Crippen molar-refractivity contribution in [2.45, 2.75) is 118 Å². The van der Waals surface area contributed by atoms with Crippen LogP contribution in [0.5, 0.6) is 0 Å². The van der Waals surface area contributed by atoms with Gasteiger partial charge in [0.1, 0.15) is 41.3 Å². The van der Waals surface area contributed by atoms with Gasteiger partial charge in [-0.3, -0.25) is 33.5 Å². The number of carbonyl (C=O) groups is 5. The van der Waals surface area contributed by atoms with E-state index in [1.165, 1.54) is 4.90 Å². The highest BCUT2D eigenvalue weighted by Crippen LogP contribution is 2.40. The summed E-state index contributed by atoms with van der Waals surface area (Å²) >= 11 is 9.47. The first-order valence-electron chi connectivity index (χ1n) is 24.9. The molecular formula is C56H63ClN8O7S2. The van der Waals surface area contributed by atoms with Crippen LogP contribution in [0.3, 0.4) is 0 Å². The molecule has 8 rings (SSSR count). The highest BCUT2D eigenvalue weighted by molar-refractivity contribution is 7.15. The van der Waals surface area contributed by atoms with Gasteiger partial charge in [-0.25, -0.2) is 4.98 Å². The Balaban J connectivity index is 0.872. The molecule has 0 bridgehead atoms. The number of amides is 3. The lowest BCUT2D eigenvalue weighted by Gasteiger charge is -2.36. The predicted molar refractivity (Wildman–Crippen MR) is 288 cm³/mol. The van der Waals surface area contributed by atoms with Crippen molar-refractivity contribution >= 4 is 69.3 Å². The van der Waals surface area contributed by atoms with Crippen LogP contribution in [0, 0.1) is 39.0 Å². The Morgan fingerprint density at radius 3 is 2.31 bits per heavy atom. The number of likely N-dealkylation sites (tertiary alicyclic amines) is 1. The van der Waals surface area contributed by atoms with Gasteiger partial charge in [0.25, 0.3) is 0 Å². The van der Waals surface area contributed by atoms with Crippen molar-refractivity contribution in [3.8, 4) is 15.4 Å². The number of aliphatic hydroxyl groups is 1. The number of benzene rings is 3. The van der Waals surface area contributed by atoms with Gasteiger partial charge in [-0.2, -0.15) is 0 Å². The maximum Gasteiger partial charge on any atom is 0.246 e. The van der Waals surface area contributed by atoms with Gasteiger partial charge >= 0.3 is 0 Å². The molecule has 3 aromatic heterocycles. The van der Waals surface area contributed by atoms with E-state index in [9.17, 15) is 29.1 Å². The molecule has 2 aliphatic rings. The van der Waals surface area contributed by atoms with E-state index in [1.54, 1.807) is 28.2 Å². The average Bonchev–Trinajstić information content (AvgIpc) is 4.14. The highest BCUT2D eigenvalue weighted by atomic mass is 35.5. The van der Waals surface area contributed by atoms with Gasteiger partial charge in [0.05, 0.1) is 27.9 Å². The minimum Gasteiger partial charge on any atom is -0.391 e. The van der Waals surface area contributed by atoms with Crippen molar-refractivity contribution in [1.29, 1.82) is 0 Å². The molecule has 0 spiro atoms. The number of aromatic nitrogens is 4. The van der Waals surface area contributed by atoms with Gasteiger partial charge in [-0.15, -0.1) is 32.9 Å². The van der Waals surface area contributed by atoms with Crippen molar-refractivity contribution < 1.29 is 33.8 Å². The Hall–Kier alpha value is -6.24. The molecule has 6 aromatic rings. The topological polar surface area (TPSA) is 198 Å². The summed E-state index contributed by atoms with van der Waals surface area (Å²) < 4.78 is 7.83. The molecule has 0 aliphatic carbocycles. The number of ether oxygens (including phenoxy) is 1. The summed E-state index contributed by atoms with van der Waals surface area (Å²) in [6.45, 7) is 13.5. The monoisotopic (exact) mass is 1060 g/mol. The molecule has 3 amide bonds. The largest absolute Gasteiger partial charge is 0.391 e. The van der Waals surface area contributed by atoms with Gasteiger partial charge in [0.2, 0.25) is 17.7 Å². The number of aliphatic imine (C=N–C) groups is 1. The van der Waals surface area contributed by atoms with Gasteiger partial charge in [-0.1, -0.05) is 99.1 Å². The van der Waals surface area contributed by atoms with Crippen molar-refractivity contribution in [2.75, 3.05) is 19.8 Å². The third-order valence-corrected chi connectivity index (χ3v) is 16.1. The van der Waals surface area contributed by atoms with E-state index in [2.05, 4.69) is 39.7 Å². The van der Waals surface area contributed by atoms with Crippen molar-refractivity contribution in [3.63, 3.8) is 0 Å². The summed E-state index contributed by atoms with van der Waals surface area (Å²) in [6, 6.07) is 22.0. The SMILES string of the molecule is Cc1ncsc1-c1ccc(CNC(=O)[C@@H]2C[C@@H](O)CN2C(=O)[C@@H](NC(=O)[C@@H](CC(=O)COCCCC(=O)C[C@@H]2N=C(c3ccc(Cl)cc3)c3c(sc(C)c3C)-n3c(C)nnc32)Cc2ccccc2)C(C)(C)C)cc1. The number of halogens is 1. The second-order valence-corrected chi connectivity index (χ2v) is 22.8. The molecule has 15 nitrogen and oxygen atoms in total. The fourth-order valence-corrected chi connectivity index (χ4v) is 11.7. The van der Waals surface area contributed by atoms with E-state index in [1.807, 2.05) is 118 Å². The number of carbonyl (C=O) groups excluding carboxylic acids is 5. The molecule has 3 aromatic carbocycles. The Kier molecular flexibility index (Phi) is 17.2. The summed E-state index contributed by atoms with van der Waals surface area (Å²) in [5.41, 5.74) is 8.39. The maximum atomic E-state index is 14.5. The van der Waals surface area contributed by atoms with Crippen LogP contribution >= 0.6 is 34.3 Å². The van der Waals surface area contributed by atoms with Crippen LogP contribution in [0.15, 0.2) is 89.4 Å². The van der Waals surface area contributed by atoms with E-state index in [4.69, 9.17) is 21.3 Å². The molecule has 0 saturated carbocycles. The van der Waals surface area contributed by atoms with Gasteiger partial charge in [0, 0.05) is 72.3 Å². The van der Waals surface area contributed by atoms with Crippen molar-refractivity contribution in [3.05, 3.63) is 139 Å². The minimum atomic E-state index is -1.09. The standard InChI is InChI=1S/C56H63ClN8O7S2/c1-32-34(3)74-55-47(32)48(38-19-21-41(57)22-20-38)60-45(51-63-62-35(4)65(51)55)26-42(66)14-11-23-72-30-44(68)25-40(24-36-12-9-8-10-13-36)52(69)61-50(56(5,6)7)54(71)64-29-43(67)27-46(64)53(70)58-28-37-15-17-39(18-16-37)49-33(2)59-31-73-49/h8-10,12-13,15-22,31,40,43,45-46,50,67H,11,14,23-30H2,1-7H3,(H,58,70)(H,61,69)/t40-,43-,45+,46+,50-/m1/s1. The third-order valence-electron chi connectivity index (χ3n) is 13.6. The zero-order valence-electron chi connectivity index (χ0n) is 42.8. The molecule has 0 radical (unpaired) electrons. The van der Waals surface area contributed by atoms with Crippen LogP contribution in [-0.4, -0.2) is 103 Å². The van der Waals surface area contributed by atoms with Crippen LogP contribution in [0.25, 0.3) is 15.4 Å². The van der Waals surface area contributed by atoms with Gasteiger partial charge < -0.3 is 25.4 Å². The third kappa shape index (κ3) is 12.6. The maximum absolute atomic E-state index is 14.5. The van der Waals surface area contributed by atoms with Crippen LogP contribution in [-0.2, 0) is 41.7 Å². The lowest BCUT2D eigenvalue weighted by molar-refractivity contribution is -0.144. The second-order valence-electron chi connectivity index (χ2n) is 20.3. The first-order chi connectivity index (χ1) is 35.4. The van der Waals surface area contributed by atoms with Gasteiger partial charge in [0.15, 0.2) is 11.6 Å². The lowest BCUT2D eigenvalue weighted by Crippen LogP contribution is -2.58. The zero-order chi connectivity index (χ0) is 52.8. The zero-order valence-corrected chi connectivity index (χ0v) is 45.2. The summed E-state index contributed by atoms with van der Waals surface area (Å²) in [7, 11) is 0. The van der Waals surface area contributed by atoms with E-state index in [0.29, 0.717) is 23.1 Å². The van der Waals surface area contributed by atoms with Crippen LogP contribution in [0.1, 0.15) is 109 Å². The number of fused-ring (bicyclic) bond motifs is 3. The fraction of sp³-hybridized carbons (Fsp3) is 0.411. The van der Waals surface area contributed by atoms with E-state index >= 15 is 0 Å². The molecule has 74 heavy (non-hydrogen) atoms. The molecule has 3 N–H and O–H groups in total.